The maximum atomic E-state index is 13.4. The summed E-state index contributed by atoms with van der Waals surface area (Å²) in [4.78, 5) is 25.8. The van der Waals surface area contributed by atoms with Crippen molar-refractivity contribution in [3.63, 3.8) is 0 Å². The van der Waals surface area contributed by atoms with E-state index in [-0.39, 0.29) is 24.2 Å². The maximum absolute atomic E-state index is 13.4. The lowest BCUT2D eigenvalue weighted by molar-refractivity contribution is -0.274. The molecule has 174 valence electrons. The highest BCUT2D eigenvalue weighted by Gasteiger charge is 2.44. The molecule has 0 saturated heterocycles. The lowest BCUT2D eigenvalue weighted by atomic mass is 10.0. The van der Waals surface area contributed by atoms with Crippen LogP contribution in [0.25, 0.3) is 10.9 Å². The van der Waals surface area contributed by atoms with Crippen LogP contribution in [0.15, 0.2) is 42.5 Å². The van der Waals surface area contributed by atoms with Crippen LogP contribution in [0, 0.1) is 0 Å². The van der Waals surface area contributed by atoms with E-state index in [1.54, 1.807) is 0 Å². The van der Waals surface area contributed by atoms with Gasteiger partial charge in [0.2, 0.25) is 0 Å². The van der Waals surface area contributed by atoms with Gasteiger partial charge in [0.05, 0.1) is 17.6 Å². The van der Waals surface area contributed by atoms with Gasteiger partial charge in [0.15, 0.2) is 0 Å². The third kappa shape index (κ3) is 4.37. The number of hydrogen-bond acceptors (Lipinski definition) is 3. The molecular weight excluding hydrogens is 478 g/mol. The zero-order valence-electron chi connectivity index (χ0n) is 16.4. The quantitative estimate of drug-likeness (QED) is 0.456. The molecule has 33 heavy (non-hydrogen) atoms. The van der Waals surface area contributed by atoms with Crippen LogP contribution in [0.5, 0.6) is 5.75 Å². The number of nitrogens with zero attached hydrogens (tertiary/aromatic N) is 2. The minimum atomic E-state index is -5.12. The highest BCUT2D eigenvalue weighted by molar-refractivity contribution is 6.31. The van der Waals surface area contributed by atoms with E-state index in [1.165, 1.54) is 30.3 Å². The topological polar surface area (TPSA) is 51.5 Å². The van der Waals surface area contributed by atoms with E-state index in [1.807, 2.05) is 0 Å². The highest BCUT2D eigenvalue weighted by atomic mass is 35.5. The molecule has 5 nitrogen and oxygen atoms in total. The summed E-state index contributed by atoms with van der Waals surface area (Å²) >= 11 is 6.05. The summed E-state index contributed by atoms with van der Waals surface area (Å²) in [6.45, 7) is -0.813. The van der Waals surface area contributed by atoms with E-state index >= 15 is 0 Å². The third-order valence-electron chi connectivity index (χ3n) is 5.19. The van der Waals surface area contributed by atoms with Crippen molar-refractivity contribution in [1.82, 2.24) is 9.47 Å². The molecule has 0 atom stereocenters. The average Bonchev–Trinajstić information content (AvgIpc) is 3.04. The van der Waals surface area contributed by atoms with Crippen molar-refractivity contribution in [1.29, 1.82) is 0 Å². The Morgan fingerprint density at radius 2 is 1.70 bits per heavy atom. The van der Waals surface area contributed by atoms with E-state index in [2.05, 4.69) is 4.74 Å². The van der Waals surface area contributed by atoms with E-state index in [0.29, 0.717) is 20.9 Å². The lowest BCUT2D eigenvalue weighted by Gasteiger charge is -2.29. The Balaban J connectivity index is 1.88. The van der Waals surface area contributed by atoms with Crippen molar-refractivity contribution >= 4 is 34.3 Å². The van der Waals surface area contributed by atoms with Crippen molar-refractivity contribution in [3.8, 4) is 5.75 Å². The van der Waals surface area contributed by atoms with Crippen LogP contribution >= 0.6 is 11.6 Å². The number of carbonyl (C=O) groups excluding carboxylic acids is 2. The molecule has 0 N–H and O–H groups in total. The smallest absolute Gasteiger partial charge is 0.405 e. The van der Waals surface area contributed by atoms with Gasteiger partial charge in [-0.15, -0.1) is 13.2 Å². The molecular formula is C21H13ClF6N2O3. The fourth-order valence-electron chi connectivity index (χ4n) is 3.89. The number of alkyl halides is 6. The number of halogens is 7. The summed E-state index contributed by atoms with van der Waals surface area (Å²) in [7, 11) is 0. The number of rotatable bonds is 2. The standard InChI is InChI=1S/C21H13ClF6N2O3/c22-11-5-6-15-14(9-11)12-7-8-29(19(32)20(23,24)25)10-16(12)30(15)18(31)13-3-1-2-4-17(13)33-21(26,27)28/h1-6,9H,7-8,10H2. The van der Waals surface area contributed by atoms with Gasteiger partial charge >= 0.3 is 18.4 Å². The Morgan fingerprint density at radius 1 is 1.00 bits per heavy atom. The van der Waals surface area contributed by atoms with Gasteiger partial charge in [-0.25, -0.2) is 0 Å². The summed E-state index contributed by atoms with van der Waals surface area (Å²) in [5, 5.41) is 0.753. The third-order valence-corrected chi connectivity index (χ3v) is 5.43. The molecule has 1 aliphatic heterocycles. The molecule has 12 heteroatoms. The zero-order chi connectivity index (χ0) is 24.1. The Morgan fingerprint density at radius 3 is 2.36 bits per heavy atom. The lowest BCUT2D eigenvalue weighted by Crippen LogP contribution is -2.44. The monoisotopic (exact) mass is 490 g/mol. The second kappa shape index (κ2) is 7.98. The van der Waals surface area contributed by atoms with Crippen LogP contribution in [0.3, 0.4) is 0 Å². The van der Waals surface area contributed by atoms with Gasteiger partial charge in [-0.3, -0.25) is 14.2 Å². The summed E-state index contributed by atoms with van der Waals surface area (Å²) in [5.74, 6) is -3.79. The molecule has 0 unspecified atom stereocenters. The number of ether oxygens (including phenoxy) is 1. The number of hydrogen-bond donors (Lipinski definition) is 0. The number of amides is 1. The van der Waals surface area contributed by atoms with Crippen molar-refractivity contribution in [2.45, 2.75) is 25.5 Å². The second-order valence-corrected chi connectivity index (χ2v) is 7.68. The molecule has 0 fully saturated rings. The summed E-state index contributed by atoms with van der Waals surface area (Å²) in [6, 6.07) is 9.02. The molecule has 3 aromatic rings. The summed E-state index contributed by atoms with van der Waals surface area (Å²) in [6.07, 6.45) is -10.2. The first-order valence-electron chi connectivity index (χ1n) is 9.44. The molecule has 0 bridgehead atoms. The van der Waals surface area contributed by atoms with Crippen molar-refractivity contribution in [3.05, 3.63) is 64.3 Å². The predicted molar refractivity (Wildman–Crippen MR) is 105 cm³/mol. The molecule has 1 amide bonds. The van der Waals surface area contributed by atoms with Crippen molar-refractivity contribution in [2.24, 2.45) is 0 Å². The molecule has 0 radical (unpaired) electrons. The van der Waals surface area contributed by atoms with Gasteiger partial charge in [-0.2, -0.15) is 13.2 Å². The highest BCUT2D eigenvalue weighted by Crippen LogP contribution is 2.36. The van der Waals surface area contributed by atoms with Gasteiger partial charge in [0.1, 0.15) is 5.75 Å². The van der Waals surface area contributed by atoms with Gasteiger partial charge in [0.25, 0.3) is 5.91 Å². The van der Waals surface area contributed by atoms with E-state index < -0.39 is 42.2 Å². The van der Waals surface area contributed by atoms with Crippen molar-refractivity contribution < 1.29 is 40.7 Å². The molecule has 4 rings (SSSR count). The first kappa shape index (κ1) is 23.0. The van der Waals surface area contributed by atoms with E-state index in [0.717, 1.165) is 16.7 Å². The Bertz CT molecular complexity index is 1270. The van der Waals surface area contributed by atoms with Crippen LogP contribution in [-0.2, 0) is 17.8 Å². The number of aromatic nitrogens is 1. The number of carbonyl (C=O) groups is 2. The summed E-state index contributed by atoms with van der Waals surface area (Å²) < 4.78 is 82.5. The predicted octanol–water partition coefficient (Wildman–Crippen LogP) is 5.33. The number of benzene rings is 2. The Labute approximate surface area is 187 Å². The summed E-state index contributed by atoms with van der Waals surface area (Å²) in [5.41, 5.74) is 0.325. The maximum Gasteiger partial charge on any atom is 0.573 e. The van der Waals surface area contributed by atoms with Crippen LogP contribution in [-0.4, -0.2) is 40.4 Å². The molecule has 2 heterocycles. The van der Waals surface area contributed by atoms with Gasteiger partial charge < -0.3 is 9.64 Å². The SMILES string of the molecule is O=C(c1ccccc1OC(F)(F)F)n1c2c(c3cc(Cl)ccc31)CCN(C(=O)C(F)(F)F)C2. The van der Waals surface area contributed by atoms with Gasteiger partial charge in [-0.05, 0) is 42.3 Å². The normalized spacial score (nSPS) is 14.3. The van der Waals surface area contributed by atoms with E-state index in [9.17, 15) is 35.9 Å². The fraction of sp³-hybridized carbons (Fsp3) is 0.238. The Kier molecular flexibility index (Phi) is 5.55. The van der Waals surface area contributed by atoms with Gasteiger partial charge in [0, 0.05) is 22.6 Å². The molecule has 0 aliphatic carbocycles. The first-order chi connectivity index (χ1) is 15.4. The second-order valence-electron chi connectivity index (χ2n) is 7.25. The zero-order valence-corrected chi connectivity index (χ0v) is 17.2. The minimum Gasteiger partial charge on any atom is -0.405 e. The minimum absolute atomic E-state index is 0.00499. The average molecular weight is 491 g/mol. The van der Waals surface area contributed by atoms with Crippen LogP contribution in [0.2, 0.25) is 5.02 Å². The fourth-order valence-corrected chi connectivity index (χ4v) is 4.07. The number of para-hydroxylation sites is 1. The van der Waals surface area contributed by atoms with Crippen LogP contribution in [0.4, 0.5) is 26.3 Å². The van der Waals surface area contributed by atoms with Gasteiger partial charge in [-0.1, -0.05) is 23.7 Å². The van der Waals surface area contributed by atoms with E-state index in [4.69, 9.17) is 11.6 Å². The molecule has 0 spiro atoms. The molecule has 1 aromatic heterocycles. The first-order valence-corrected chi connectivity index (χ1v) is 9.82. The molecule has 0 saturated carbocycles. The Hall–Kier alpha value is -3.21. The largest absolute Gasteiger partial charge is 0.573 e. The molecule has 2 aromatic carbocycles. The molecule has 1 aliphatic rings. The van der Waals surface area contributed by atoms with Crippen LogP contribution < -0.4 is 4.74 Å². The van der Waals surface area contributed by atoms with Crippen LogP contribution in [0.1, 0.15) is 21.6 Å². The number of fused-ring (bicyclic) bond motifs is 3. The van der Waals surface area contributed by atoms with Crippen molar-refractivity contribution in [2.75, 3.05) is 6.54 Å².